The van der Waals surface area contributed by atoms with E-state index in [1.807, 2.05) is 37.1 Å². The summed E-state index contributed by atoms with van der Waals surface area (Å²) in [5, 5.41) is 12.8. The largest absolute Gasteiger partial charge is 0.491 e. The molecule has 0 radical (unpaired) electrons. The van der Waals surface area contributed by atoms with Gasteiger partial charge in [0.25, 0.3) is 0 Å². The van der Waals surface area contributed by atoms with Crippen LogP contribution in [0.4, 0.5) is 0 Å². The molecule has 0 saturated carbocycles. The van der Waals surface area contributed by atoms with Crippen LogP contribution < -0.4 is 9.47 Å². The maximum atomic E-state index is 8.78. The fraction of sp³-hybridized carbons (Fsp3) is 0.304. The van der Waals surface area contributed by atoms with Crippen molar-refractivity contribution in [2.75, 3.05) is 33.9 Å². The van der Waals surface area contributed by atoms with E-state index in [-0.39, 0.29) is 0 Å². The van der Waals surface area contributed by atoms with Crippen LogP contribution in [0.25, 0.3) is 22.0 Å². The molecule has 10 heteroatoms. The summed E-state index contributed by atoms with van der Waals surface area (Å²) in [5.74, 6) is 1.86. The number of fused-ring (bicyclic) bond motifs is 1. The van der Waals surface area contributed by atoms with Crippen LogP contribution in [-0.2, 0) is 0 Å². The molecule has 0 atom stereocenters. The third-order valence-electron chi connectivity index (χ3n) is 5.26. The highest BCUT2D eigenvalue weighted by molar-refractivity contribution is 6.34. The second-order valence-electron chi connectivity index (χ2n) is 7.51. The van der Waals surface area contributed by atoms with Gasteiger partial charge in [-0.1, -0.05) is 5.16 Å². The molecule has 0 saturated heterocycles. The highest BCUT2D eigenvalue weighted by atomic mass is 16.5. The van der Waals surface area contributed by atoms with Crippen molar-refractivity contribution in [1.82, 2.24) is 19.9 Å². The maximum Gasteiger partial charge on any atom is 0.220 e. The molecule has 1 aliphatic rings. The molecule has 3 aromatic rings. The number of aliphatic imine (C=N–C) groups is 2. The number of benzene rings is 1. The first kappa shape index (κ1) is 22.1. The summed E-state index contributed by atoms with van der Waals surface area (Å²) in [4.78, 5) is 23.6. The molecular formula is C23H25N7O3. The van der Waals surface area contributed by atoms with Crippen molar-refractivity contribution >= 4 is 28.8 Å². The summed E-state index contributed by atoms with van der Waals surface area (Å²) in [6.07, 6.45) is 5.60. The molecular weight excluding hydrogens is 422 g/mol. The molecule has 1 N–H and O–H groups in total. The van der Waals surface area contributed by atoms with E-state index in [0.717, 1.165) is 34.1 Å². The number of hydrogen-bond acceptors (Lipinski definition) is 10. The van der Waals surface area contributed by atoms with Crippen LogP contribution in [0.3, 0.4) is 0 Å². The predicted octanol–water partition coefficient (Wildman–Crippen LogP) is 2.98. The Labute approximate surface area is 191 Å². The van der Waals surface area contributed by atoms with Crippen molar-refractivity contribution < 1.29 is 14.7 Å². The fourth-order valence-corrected chi connectivity index (χ4v) is 3.43. The number of aryl methyl sites for hydroxylation is 1. The quantitative estimate of drug-likeness (QED) is 0.336. The minimum Gasteiger partial charge on any atom is -0.491 e. The van der Waals surface area contributed by atoms with Crippen LogP contribution in [-0.4, -0.2) is 76.8 Å². The Morgan fingerprint density at radius 2 is 2.03 bits per heavy atom. The van der Waals surface area contributed by atoms with E-state index < -0.39 is 0 Å². The number of pyridine rings is 1. The van der Waals surface area contributed by atoms with Gasteiger partial charge >= 0.3 is 0 Å². The third-order valence-corrected chi connectivity index (χ3v) is 5.26. The number of rotatable bonds is 7. The van der Waals surface area contributed by atoms with Gasteiger partial charge in [0.1, 0.15) is 23.3 Å². The first-order valence-corrected chi connectivity index (χ1v) is 10.5. The Morgan fingerprint density at radius 1 is 1.15 bits per heavy atom. The van der Waals surface area contributed by atoms with Crippen LogP contribution in [0.2, 0.25) is 0 Å². The van der Waals surface area contributed by atoms with Gasteiger partial charge in [-0.05, 0) is 37.1 Å². The molecule has 0 spiro atoms. The molecule has 0 bridgehead atoms. The molecule has 170 valence electrons. The molecule has 33 heavy (non-hydrogen) atoms. The highest BCUT2D eigenvalue weighted by Gasteiger charge is 2.13. The van der Waals surface area contributed by atoms with Crippen molar-refractivity contribution in [3.05, 3.63) is 42.5 Å². The molecule has 10 nitrogen and oxygen atoms in total. The van der Waals surface area contributed by atoms with Gasteiger partial charge in [0.2, 0.25) is 11.8 Å². The Bertz CT molecular complexity index is 1220. The standard InChI is InChI=1S/C23H25N7O3/c1-15-19-9-17(16-5-6-21(32-3)24-11-16)10-20(22(19)28-14-27-15)33-8-4-7-30(2)23-25-12-18(29-31)13-26-23/h5-6,9-12,14,31H,4,7-8,13H2,1-3H3. The summed E-state index contributed by atoms with van der Waals surface area (Å²) in [6, 6.07) is 7.82. The van der Waals surface area contributed by atoms with Gasteiger partial charge in [-0.25, -0.2) is 24.9 Å². The number of nitrogens with zero attached hydrogens (tertiary/aromatic N) is 7. The lowest BCUT2D eigenvalue weighted by atomic mass is 10.0. The van der Waals surface area contributed by atoms with E-state index in [1.165, 1.54) is 6.21 Å². The highest BCUT2D eigenvalue weighted by Crippen LogP contribution is 2.32. The average molecular weight is 447 g/mol. The molecule has 3 heterocycles. The van der Waals surface area contributed by atoms with E-state index in [0.29, 0.717) is 43.0 Å². The van der Waals surface area contributed by atoms with Crippen LogP contribution in [0.5, 0.6) is 11.6 Å². The Balaban J connectivity index is 1.48. The van der Waals surface area contributed by atoms with Gasteiger partial charge in [-0.15, -0.1) is 0 Å². The summed E-state index contributed by atoms with van der Waals surface area (Å²) >= 11 is 0. The van der Waals surface area contributed by atoms with Crippen molar-refractivity contribution in [1.29, 1.82) is 0 Å². The molecule has 0 amide bonds. The second kappa shape index (κ2) is 10.0. The van der Waals surface area contributed by atoms with Crippen molar-refractivity contribution in [3.8, 4) is 22.8 Å². The second-order valence-corrected chi connectivity index (χ2v) is 7.51. The van der Waals surface area contributed by atoms with Gasteiger partial charge in [0.05, 0.1) is 26.5 Å². The Hall–Kier alpha value is -4.08. The van der Waals surface area contributed by atoms with Gasteiger partial charge < -0.3 is 19.6 Å². The molecule has 1 aromatic carbocycles. The van der Waals surface area contributed by atoms with Crippen LogP contribution >= 0.6 is 0 Å². The van der Waals surface area contributed by atoms with Crippen molar-refractivity contribution in [2.24, 2.45) is 15.1 Å². The number of hydrogen-bond donors (Lipinski definition) is 1. The van der Waals surface area contributed by atoms with Crippen molar-refractivity contribution in [2.45, 2.75) is 13.3 Å². The minimum absolute atomic E-state index is 0.314. The molecule has 4 rings (SSSR count). The van der Waals surface area contributed by atoms with Gasteiger partial charge in [0.15, 0.2) is 0 Å². The Kier molecular flexibility index (Phi) is 6.72. The third kappa shape index (κ3) is 5.05. The number of ether oxygens (including phenoxy) is 2. The predicted molar refractivity (Wildman–Crippen MR) is 127 cm³/mol. The molecule has 0 unspecified atom stereocenters. The number of guanidine groups is 1. The van der Waals surface area contributed by atoms with Crippen LogP contribution in [0.1, 0.15) is 12.1 Å². The maximum absolute atomic E-state index is 8.78. The van der Waals surface area contributed by atoms with Gasteiger partial charge in [-0.2, -0.15) is 0 Å². The van der Waals surface area contributed by atoms with Crippen LogP contribution in [0, 0.1) is 6.92 Å². The first-order chi connectivity index (χ1) is 16.1. The zero-order chi connectivity index (χ0) is 23.2. The molecule has 2 aromatic heterocycles. The smallest absolute Gasteiger partial charge is 0.220 e. The van der Waals surface area contributed by atoms with E-state index in [2.05, 4.69) is 36.2 Å². The molecule has 0 fully saturated rings. The van der Waals surface area contributed by atoms with Gasteiger partial charge in [0, 0.05) is 42.5 Å². The summed E-state index contributed by atoms with van der Waals surface area (Å²) in [7, 11) is 3.51. The van der Waals surface area contributed by atoms with Crippen molar-refractivity contribution in [3.63, 3.8) is 0 Å². The van der Waals surface area contributed by atoms with Gasteiger partial charge in [-0.3, -0.25) is 0 Å². The summed E-state index contributed by atoms with van der Waals surface area (Å²) < 4.78 is 11.3. The summed E-state index contributed by atoms with van der Waals surface area (Å²) in [6.45, 7) is 3.47. The topological polar surface area (TPSA) is 118 Å². The molecule has 0 aliphatic carbocycles. The number of oxime groups is 1. The molecule has 1 aliphatic heterocycles. The minimum atomic E-state index is 0.314. The fourth-order valence-electron chi connectivity index (χ4n) is 3.43. The SMILES string of the molecule is COc1ccc(-c2cc(OCCCN(C)C3=NCC(=NO)C=N3)c3ncnc(C)c3c2)cn1. The first-order valence-electron chi connectivity index (χ1n) is 10.5. The summed E-state index contributed by atoms with van der Waals surface area (Å²) in [5.41, 5.74) is 4.01. The zero-order valence-corrected chi connectivity index (χ0v) is 18.8. The van der Waals surface area contributed by atoms with Crippen LogP contribution in [0.15, 0.2) is 51.9 Å². The van der Waals surface area contributed by atoms with E-state index in [9.17, 15) is 0 Å². The lowest BCUT2D eigenvalue weighted by molar-refractivity contribution is 0.297. The normalized spacial score (nSPS) is 14.4. The van der Waals surface area contributed by atoms with E-state index in [1.54, 1.807) is 19.6 Å². The lowest BCUT2D eigenvalue weighted by Gasteiger charge is -2.20. The Morgan fingerprint density at radius 3 is 2.73 bits per heavy atom. The lowest BCUT2D eigenvalue weighted by Crippen LogP contribution is -2.30. The van der Waals surface area contributed by atoms with E-state index in [4.69, 9.17) is 14.7 Å². The zero-order valence-electron chi connectivity index (χ0n) is 18.8. The number of methoxy groups -OCH3 is 1. The number of aromatic nitrogens is 3. The monoisotopic (exact) mass is 447 g/mol. The average Bonchev–Trinajstić information content (AvgIpc) is 2.86. The van der Waals surface area contributed by atoms with E-state index >= 15 is 0 Å².